The number of hydrogen-bond acceptors (Lipinski definition) is 3. The summed E-state index contributed by atoms with van der Waals surface area (Å²) in [6.07, 6.45) is 4.61. The van der Waals surface area contributed by atoms with Crippen LogP contribution in [-0.2, 0) is 9.47 Å². The third kappa shape index (κ3) is 1.95. The largest absolute Gasteiger partial charge is 0.396 e. The molecule has 1 heterocycles. The van der Waals surface area contributed by atoms with Crippen LogP contribution in [0.25, 0.3) is 0 Å². The van der Waals surface area contributed by atoms with Crippen molar-refractivity contribution in [3.63, 3.8) is 0 Å². The minimum Gasteiger partial charge on any atom is -0.396 e. The van der Waals surface area contributed by atoms with Gasteiger partial charge in [0.25, 0.3) is 0 Å². The summed E-state index contributed by atoms with van der Waals surface area (Å²) in [5, 5.41) is 9.31. The van der Waals surface area contributed by atoms with Crippen LogP contribution >= 0.6 is 0 Å². The summed E-state index contributed by atoms with van der Waals surface area (Å²) in [5.74, 6) is 1.76. The highest BCUT2D eigenvalue weighted by Crippen LogP contribution is 2.41. The molecule has 1 aliphatic heterocycles. The van der Waals surface area contributed by atoms with Crippen LogP contribution in [0.2, 0.25) is 0 Å². The van der Waals surface area contributed by atoms with E-state index >= 15 is 0 Å². The van der Waals surface area contributed by atoms with Gasteiger partial charge in [0, 0.05) is 20.1 Å². The topological polar surface area (TPSA) is 38.7 Å². The van der Waals surface area contributed by atoms with Gasteiger partial charge >= 0.3 is 0 Å². The molecule has 0 aromatic heterocycles. The van der Waals surface area contributed by atoms with Crippen LogP contribution in [0.4, 0.5) is 0 Å². The van der Waals surface area contributed by atoms with Gasteiger partial charge in [0.15, 0.2) is 6.29 Å². The van der Waals surface area contributed by atoms with Crippen LogP contribution in [0, 0.1) is 17.8 Å². The second-order valence-corrected chi connectivity index (χ2v) is 4.53. The average Bonchev–Trinajstić information content (AvgIpc) is 2.27. The maximum atomic E-state index is 9.31. The molecule has 2 aliphatic rings. The first-order valence-corrected chi connectivity index (χ1v) is 5.60. The minimum absolute atomic E-state index is 0.0385. The second-order valence-electron chi connectivity index (χ2n) is 4.53. The van der Waals surface area contributed by atoms with Crippen molar-refractivity contribution >= 4 is 0 Å². The van der Waals surface area contributed by atoms with Gasteiger partial charge < -0.3 is 14.6 Å². The van der Waals surface area contributed by atoms with Gasteiger partial charge in [0.05, 0.1) is 6.61 Å². The van der Waals surface area contributed by atoms with Crippen molar-refractivity contribution in [1.82, 2.24) is 0 Å². The molecule has 1 saturated carbocycles. The van der Waals surface area contributed by atoms with Crippen LogP contribution in [0.5, 0.6) is 0 Å². The molecular formula is C11H20O3. The van der Waals surface area contributed by atoms with Crippen molar-refractivity contribution < 1.29 is 14.6 Å². The molecule has 4 atom stereocenters. The van der Waals surface area contributed by atoms with Crippen molar-refractivity contribution in [2.75, 3.05) is 20.3 Å². The monoisotopic (exact) mass is 200 g/mol. The fourth-order valence-corrected chi connectivity index (χ4v) is 2.96. The fourth-order valence-electron chi connectivity index (χ4n) is 2.96. The van der Waals surface area contributed by atoms with E-state index in [2.05, 4.69) is 0 Å². The first-order valence-electron chi connectivity index (χ1n) is 5.60. The Kier molecular flexibility index (Phi) is 3.42. The predicted molar refractivity (Wildman–Crippen MR) is 52.8 cm³/mol. The van der Waals surface area contributed by atoms with Crippen molar-refractivity contribution in [3.8, 4) is 0 Å². The second kappa shape index (κ2) is 4.60. The summed E-state index contributed by atoms with van der Waals surface area (Å²) >= 11 is 0. The van der Waals surface area contributed by atoms with Crippen LogP contribution in [-0.4, -0.2) is 31.7 Å². The third-order valence-electron chi connectivity index (χ3n) is 3.82. The van der Waals surface area contributed by atoms with Crippen LogP contribution in [0.15, 0.2) is 0 Å². The van der Waals surface area contributed by atoms with Crippen molar-refractivity contribution in [1.29, 1.82) is 0 Å². The van der Waals surface area contributed by atoms with Gasteiger partial charge in [-0.25, -0.2) is 0 Å². The number of ether oxygens (including phenoxy) is 2. The lowest BCUT2D eigenvalue weighted by atomic mass is 9.70. The third-order valence-corrected chi connectivity index (χ3v) is 3.82. The fraction of sp³-hybridized carbons (Fsp3) is 1.00. The highest BCUT2D eigenvalue weighted by Gasteiger charge is 2.38. The molecule has 1 N–H and O–H groups in total. The first kappa shape index (κ1) is 10.4. The van der Waals surface area contributed by atoms with E-state index in [0.29, 0.717) is 24.4 Å². The zero-order chi connectivity index (χ0) is 9.97. The van der Waals surface area contributed by atoms with E-state index in [1.54, 1.807) is 7.11 Å². The molecule has 0 amide bonds. The lowest BCUT2D eigenvalue weighted by molar-refractivity contribution is -0.191. The Morgan fingerprint density at radius 1 is 1.43 bits per heavy atom. The molecule has 1 aliphatic carbocycles. The van der Waals surface area contributed by atoms with E-state index in [1.165, 1.54) is 19.3 Å². The molecule has 14 heavy (non-hydrogen) atoms. The number of methoxy groups -OCH3 is 1. The summed E-state index contributed by atoms with van der Waals surface area (Å²) in [4.78, 5) is 0. The zero-order valence-corrected chi connectivity index (χ0v) is 8.82. The summed E-state index contributed by atoms with van der Waals surface area (Å²) in [7, 11) is 1.70. The minimum atomic E-state index is -0.0385. The normalized spacial score (nSPS) is 43.3. The Labute approximate surface area is 85.4 Å². The molecule has 0 aromatic carbocycles. The Balaban J connectivity index is 1.98. The zero-order valence-electron chi connectivity index (χ0n) is 8.82. The summed E-state index contributed by atoms with van der Waals surface area (Å²) in [5.41, 5.74) is 0. The smallest absolute Gasteiger partial charge is 0.157 e. The van der Waals surface area contributed by atoms with Gasteiger partial charge in [-0.3, -0.25) is 0 Å². The van der Waals surface area contributed by atoms with Gasteiger partial charge in [0.1, 0.15) is 0 Å². The number of aliphatic hydroxyl groups is 1. The van der Waals surface area contributed by atoms with Gasteiger partial charge in [-0.2, -0.15) is 0 Å². The molecule has 2 rings (SSSR count). The first-order chi connectivity index (χ1) is 6.85. The molecule has 0 spiro atoms. The van der Waals surface area contributed by atoms with Crippen LogP contribution in [0.3, 0.4) is 0 Å². The lowest BCUT2D eigenvalue weighted by Crippen LogP contribution is -2.41. The summed E-state index contributed by atoms with van der Waals surface area (Å²) in [6, 6.07) is 0. The molecule has 0 aromatic rings. The molecule has 0 unspecified atom stereocenters. The Morgan fingerprint density at radius 3 is 3.00 bits per heavy atom. The van der Waals surface area contributed by atoms with E-state index in [9.17, 15) is 5.11 Å². The van der Waals surface area contributed by atoms with E-state index in [1.807, 2.05) is 0 Å². The van der Waals surface area contributed by atoms with Crippen molar-refractivity contribution in [2.24, 2.45) is 17.8 Å². The molecule has 3 heteroatoms. The average molecular weight is 200 g/mol. The molecule has 0 bridgehead atoms. The maximum Gasteiger partial charge on any atom is 0.157 e. The highest BCUT2D eigenvalue weighted by molar-refractivity contribution is 4.85. The Bertz CT molecular complexity index is 177. The van der Waals surface area contributed by atoms with Gasteiger partial charge in [0.2, 0.25) is 0 Å². The SMILES string of the molecule is CO[C@@H]1C[C@H]2[C@@H](CO)CCC[C@H]2CO1. The molecule has 1 saturated heterocycles. The highest BCUT2D eigenvalue weighted by atomic mass is 16.7. The summed E-state index contributed by atoms with van der Waals surface area (Å²) < 4.78 is 10.8. The van der Waals surface area contributed by atoms with Crippen molar-refractivity contribution in [2.45, 2.75) is 32.0 Å². The van der Waals surface area contributed by atoms with E-state index in [-0.39, 0.29) is 6.29 Å². The van der Waals surface area contributed by atoms with Crippen molar-refractivity contribution in [3.05, 3.63) is 0 Å². The Hall–Kier alpha value is -0.120. The predicted octanol–water partition coefficient (Wildman–Crippen LogP) is 1.40. The van der Waals surface area contributed by atoms with Gasteiger partial charge in [-0.1, -0.05) is 6.42 Å². The molecule has 2 fully saturated rings. The van der Waals surface area contributed by atoms with Gasteiger partial charge in [-0.05, 0) is 30.6 Å². The molecular weight excluding hydrogens is 180 g/mol. The maximum absolute atomic E-state index is 9.31. The number of fused-ring (bicyclic) bond motifs is 1. The van der Waals surface area contributed by atoms with E-state index < -0.39 is 0 Å². The van der Waals surface area contributed by atoms with Crippen LogP contribution in [0.1, 0.15) is 25.7 Å². The quantitative estimate of drug-likeness (QED) is 0.732. The summed E-state index contributed by atoms with van der Waals surface area (Å²) in [6.45, 7) is 1.15. The van der Waals surface area contributed by atoms with Gasteiger partial charge in [-0.15, -0.1) is 0 Å². The molecule has 0 radical (unpaired) electrons. The Morgan fingerprint density at radius 2 is 2.29 bits per heavy atom. The standard InChI is InChI=1S/C11H20O3/c1-13-11-5-10-8(6-12)3-2-4-9(10)7-14-11/h8-12H,2-7H2,1H3/t8-,9+,10+,11+/m1/s1. The molecule has 82 valence electrons. The number of hydrogen-bond donors (Lipinski definition) is 1. The van der Waals surface area contributed by atoms with E-state index in [0.717, 1.165) is 13.0 Å². The van der Waals surface area contributed by atoms with E-state index in [4.69, 9.17) is 9.47 Å². The van der Waals surface area contributed by atoms with Crippen LogP contribution < -0.4 is 0 Å². The lowest BCUT2D eigenvalue weighted by Gasteiger charge is -2.42. The number of rotatable bonds is 2. The molecule has 3 nitrogen and oxygen atoms in total. The number of aliphatic hydroxyl groups excluding tert-OH is 1.